The first-order valence-electron chi connectivity index (χ1n) is 6.39. The maximum absolute atomic E-state index is 10.9. The molecule has 0 spiro atoms. The number of hydrogen-bond acceptors (Lipinski definition) is 3. The molecule has 0 atom stereocenters. The quantitative estimate of drug-likeness (QED) is 0.834. The summed E-state index contributed by atoms with van der Waals surface area (Å²) in [5.41, 5.74) is 1.96. The van der Waals surface area contributed by atoms with Crippen molar-refractivity contribution in [2.75, 3.05) is 0 Å². The van der Waals surface area contributed by atoms with Crippen LogP contribution in [0.1, 0.15) is 40.1 Å². The van der Waals surface area contributed by atoms with Crippen molar-refractivity contribution in [3.8, 4) is 5.75 Å². The van der Waals surface area contributed by atoms with Crippen molar-refractivity contribution in [1.29, 1.82) is 0 Å². The van der Waals surface area contributed by atoms with Crippen LogP contribution >= 0.6 is 11.6 Å². The zero-order valence-electron chi connectivity index (χ0n) is 12.2. The number of phenols is 1. The molecule has 0 amide bonds. The van der Waals surface area contributed by atoms with Crippen molar-refractivity contribution in [3.05, 3.63) is 64.2 Å². The maximum atomic E-state index is 10.9. The minimum atomic E-state index is -0.105. The Labute approximate surface area is 129 Å². The Balaban J connectivity index is 0.000000211. The number of Topliss-reactive ketones (excluding diaryl/α,β-unsaturated/α-hetero) is 2. The molecule has 0 unspecified atom stereocenters. The number of hydrogen-bond donors (Lipinski definition) is 1. The van der Waals surface area contributed by atoms with E-state index in [0.717, 1.165) is 5.56 Å². The highest BCUT2D eigenvalue weighted by molar-refractivity contribution is 6.33. The van der Waals surface area contributed by atoms with E-state index in [4.69, 9.17) is 11.6 Å². The van der Waals surface area contributed by atoms with Crippen molar-refractivity contribution < 1.29 is 14.7 Å². The van der Waals surface area contributed by atoms with E-state index in [9.17, 15) is 14.7 Å². The van der Waals surface area contributed by atoms with Gasteiger partial charge in [0.05, 0.1) is 10.6 Å². The molecule has 0 aliphatic carbocycles. The first-order chi connectivity index (χ1) is 9.82. The Morgan fingerprint density at radius 2 is 1.52 bits per heavy atom. The molecule has 2 aromatic rings. The number of ketones is 2. The standard InChI is InChI=1S/C9H10O2.C8H7ClO/c1-6-3-4-9(11)8(5-6)7(2)10;1-6(10)7-4-2-3-5-8(7)9/h3-5,11H,1-2H3;2-5H,1H3. The average molecular weight is 305 g/mol. The number of rotatable bonds is 2. The van der Waals surface area contributed by atoms with Crippen molar-refractivity contribution >= 4 is 23.2 Å². The lowest BCUT2D eigenvalue weighted by Gasteiger charge is -2.00. The molecule has 0 fully saturated rings. The third-order valence-electron chi connectivity index (χ3n) is 2.78. The molecular weight excluding hydrogens is 288 g/mol. The van der Waals surface area contributed by atoms with E-state index in [1.54, 1.807) is 36.4 Å². The van der Waals surface area contributed by atoms with Crippen molar-refractivity contribution in [2.45, 2.75) is 20.8 Å². The second kappa shape index (κ2) is 7.60. The van der Waals surface area contributed by atoms with E-state index < -0.39 is 0 Å². The van der Waals surface area contributed by atoms with E-state index in [1.165, 1.54) is 19.9 Å². The molecule has 0 aromatic heterocycles. The molecule has 0 aliphatic heterocycles. The number of aromatic hydroxyl groups is 1. The summed E-state index contributed by atoms with van der Waals surface area (Å²) in [6.07, 6.45) is 0. The van der Waals surface area contributed by atoms with Gasteiger partial charge in [-0.05, 0) is 45.0 Å². The largest absolute Gasteiger partial charge is 0.507 e. The third-order valence-corrected chi connectivity index (χ3v) is 3.11. The SMILES string of the molecule is CC(=O)c1cc(C)ccc1O.CC(=O)c1ccccc1Cl. The van der Waals surface area contributed by atoms with Gasteiger partial charge in [0.25, 0.3) is 0 Å². The Bertz CT molecular complexity index is 663. The molecule has 0 saturated heterocycles. The Morgan fingerprint density at radius 1 is 0.952 bits per heavy atom. The van der Waals surface area contributed by atoms with E-state index in [1.807, 2.05) is 6.92 Å². The topological polar surface area (TPSA) is 54.4 Å². The third kappa shape index (κ3) is 5.04. The molecule has 21 heavy (non-hydrogen) atoms. The Morgan fingerprint density at radius 3 is 1.95 bits per heavy atom. The molecule has 3 nitrogen and oxygen atoms in total. The fraction of sp³-hybridized carbons (Fsp3) is 0.176. The molecule has 0 bridgehead atoms. The molecule has 4 heteroatoms. The highest BCUT2D eigenvalue weighted by atomic mass is 35.5. The van der Waals surface area contributed by atoms with Crippen LogP contribution in [0.4, 0.5) is 0 Å². The summed E-state index contributed by atoms with van der Waals surface area (Å²) in [5.74, 6) is -0.0418. The molecule has 2 aromatic carbocycles. The number of aryl methyl sites for hydroxylation is 1. The van der Waals surface area contributed by atoms with Crippen LogP contribution in [0.25, 0.3) is 0 Å². The normalized spacial score (nSPS) is 9.52. The molecule has 2 rings (SSSR count). The number of carbonyl (C=O) groups excluding carboxylic acids is 2. The van der Waals surface area contributed by atoms with Gasteiger partial charge in [0, 0.05) is 5.56 Å². The molecular formula is C17H17ClO3. The molecule has 0 radical (unpaired) electrons. The van der Waals surface area contributed by atoms with Crippen LogP contribution in [0.5, 0.6) is 5.75 Å². The van der Waals surface area contributed by atoms with E-state index in [2.05, 4.69) is 0 Å². The Hall–Kier alpha value is -2.13. The lowest BCUT2D eigenvalue weighted by atomic mass is 10.1. The van der Waals surface area contributed by atoms with Crippen LogP contribution in [0.2, 0.25) is 5.02 Å². The van der Waals surface area contributed by atoms with Crippen LogP contribution in [-0.2, 0) is 0 Å². The van der Waals surface area contributed by atoms with Crippen LogP contribution in [0.3, 0.4) is 0 Å². The second-order valence-electron chi connectivity index (χ2n) is 4.61. The van der Waals surface area contributed by atoms with Gasteiger partial charge in [-0.3, -0.25) is 9.59 Å². The Kier molecular flexibility index (Phi) is 6.12. The van der Waals surface area contributed by atoms with Gasteiger partial charge in [0.15, 0.2) is 11.6 Å². The average Bonchev–Trinajstić information content (AvgIpc) is 2.42. The summed E-state index contributed by atoms with van der Waals surface area (Å²) < 4.78 is 0. The smallest absolute Gasteiger partial charge is 0.163 e. The summed E-state index contributed by atoms with van der Waals surface area (Å²) >= 11 is 5.70. The van der Waals surface area contributed by atoms with Gasteiger partial charge in [-0.2, -0.15) is 0 Å². The summed E-state index contributed by atoms with van der Waals surface area (Å²) in [5, 5.41) is 9.71. The van der Waals surface area contributed by atoms with Gasteiger partial charge < -0.3 is 5.11 Å². The molecule has 0 saturated carbocycles. The summed E-state index contributed by atoms with van der Waals surface area (Å²) in [7, 11) is 0. The summed E-state index contributed by atoms with van der Waals surface area (Å²) in [6.45, 7) is 4.82. The van der Waals surface area contributed by atoms with Crippen LogP contribution in [0, 0.1) is 6.92 Å². The number of benzene rings is 2. The minimum Gasteiger partial charge on any atom is -0.507 e. The molecule has 110 valence electrons. The molecule has 0 aliphatic rings. The van der Waals surface area contributed by atoms with E-state index in [0.29, 0.717) is 16.1 Å². The number of halogens is 1. The van der Waals surface area contributed by atoms with Gasteiger partial charge in [-0.25, -0.2) is 0 Å². The van der Waals surface area contributed by atoms with Crippen LogP contribution < -0.4 is 0 Å². The van der Waals surface area contributed by atoms with Gasteiger partial charge in [-0.15, -0.1) is 0 Å². The molecule has 1 N–H and O–H groups in total. The summed E-state index contributed by atoms with van der Waals surface area (Å²) in [4.78, 5) is 21.6. The van der Waals surface area contributed by atoms with Gasteiger partial charge >= 0.3 is 0 Å². The maximum Gasteiger partial charge on any atom is 0.163 e. The number of carbonyl (C=O) groups is 2. The van der Waals surface area contributed by atoms with Crippen LogP contribution in [0.15, 0.2) is 42.5 Å². The molecule has 0 heterocycles. The second-order valence-corrected chi connectivity index (χ2v) is 5.02. The van der Waals surface area contributed by atoms with Gasteiger partial charge in [0.2, 0.25) is 0 Å². The number of phenolic OH excluding ortho intramolecular Hbond substituents is 1. The van der Waals surface area contributed by atoms with E-state index >= 15 is 0 Å². The highest BCUT2D eigenvalue weighted by Crippen LogP contribution is 2.18. The minimum absolute atomic E-state index is 0.00519. The first kappa shape index (κ1) is 16.9. The lowest BCUT2D eigenvalue weighted by molar-refractivity contribution is 0.100. The first-order valence-corrected chi connectivity index (χ1v) is 6.76. The predicted molar refractivity (Wildman–Crippen MR) is 84.3 cm³/mol. The van der Waals surface area contributed by atoms with Crippen LogP contribution in [-0.4, -0.2) is 16.7 Å². The lowest BCUT2D eigenvalue weighted by Crippen LogP contribution is -1.92. The zero-order chi connectivity index (χ0) is 16.0. The van der Waals surface area contributed by atoms with Gasteiger partial charge in [0.1, 0.15) is 5.75 Å². The van der Waals surface area contributed by atoms with Crippen molar-refractivity contribution in [2.24, 2.45) is 0 Å². The van der Waals surface area contributed by atoms with E-state index in [-0.39, 0.29) is 17.3 Å². The van der Waals surface area contributed by atoms with Crippen molar-refractivity contribution in [3.63, 3.8) is 0 Å². The van der Waals surface area contributed by atoms with Crippen molar-refractivity contribution in [1.82, 2.24) is 0 Å². The fourth-order valence-electron chi connectivity index (χ4n) is 1.68. The summed E-state index contributed by atoms with van der Waals surface area (Å²) in [6, 6.07) is 12.0. The highest BCUT2D eigenvalue weighted by Gasteiger charge is 2.04. The zero-order valence-corrected chi connectivity index (χ0v) is 12.9. The fourth-order valence-corrected chi connectivity index (χ4v) is 1.95. The monoisotopic (exact) mass is 304 g/mol. The van der Waals surface area contributed by atoms with Gasteiger partial charge in [-0.1, -0.05) is 35.4 Å². The predicted octanol–water partition coefficient (Wildman–Crippen LogP) is 4.45.